The quantitative estimate of drug-likeness (QED) is 0.746. The molecule has 2 aromatic carbocycles. The van der Waals surface area contributed by atoms with Gasteiger partial charge in [-0.1, -0.05) is 37.6 Å². The van der Waals surface area contributed by atoms with Gasteiger partial charge in [-0.3, -0.25) is 0 Å². The second-order valence-corrected chi connectivity index (χ2v) is 8.50. The van der Waals surface area contributed by atoms with E-state index in [0.717, 1.165) is 37.0 Å². The molecule has 1 fully saturated rings. The van der Waals surface area contributed by atoms with E-state index >= 15 is 0 Å². The molecule has 2 N–H and O–H groups in total. The summed E-state index contributed by atoms with van der Waals surface area (Å²) in [6.07, 6.45) is -0.460. The Morgan fingerprint density at radius 3 is 2.54 bits per heavy atom. The Morgan fingerprint density at radius 2 is 1.89 bits per heavy atom. The predicted octanol–water partition coefficient (Wildman–Crippen LogP) is 2.92. The fourth-order valence-electron chi connectivity index (χ4n) is 3.93. The number of piperazine rings is 1. The normalized spacial score (nSPS) is 16.4. The van der Waals surface area contributed by atoms with Crippen LogP contribution in [0.5, 0.6) is 5.75 Å². The van der Waals surface area contributed by atoms with Crippen molar-refractivity contribution in [1.82, 2.24) is 0 Å². The van der Waals surface area contributed by atoms with Gasteiger partial charge in [0.2, 0.25) is 0 Å². The largest absolute Gasteiger partial charge is 0.491 e. The molecule has 28 heavy (non-hydrogen) atoms. The van der Waals surface area contributed by atoms with E-state index in [-0.39, 0.29) is 0 Å². The smallest absolute Gasteiger partial charge is 0.137 e. The number of ether oxygens (including phenoxy) is 1. The number of hydrogen-bond donors (Lipinski definition) is 2. The van der Waals surface area contributed by atoms with Crippen molar-refractivity contribution in [3.63, 3.8) is 0 Å². The lowest BCUT2D eigenvalue weighted by Gasteiger charge is -2.34. The predicted molar refractivity (Wildman–Crippen MR) is 116 cm³/mol. The summed E-state index contributed by atoms with van der Waals surface area (Å²) in [4.78, 5) is 3.78. The number of rotatable bonds is 7. The van der Waals surface area contributed by atoms with Gasteiger partial charge in [-0.05, 0) is 54.3 Å². The van der Waals surface area contributed by atoms with Gasteiger partial charge in [0.1, 0.15) is 25.0 Å². The molecule has 0 bridgehead atoms. The monoisotopic (exact) mass is 403 g/mol. The summed E-state index contributed by atoms with van der Waals surface area (Å²) in [5, 5.41) is 11.2. The summed E-state index contributed by atoms with van der Waals surface area (Å²) < 4.78 is 5.84. The molecule has 0 unspecified atom stereocenters. The van der Waals surface area contributed by atoms with Crippen molar-refractivity contribution in [1.29, 1.82) is 0 Å². The van der Waals surface area contributed by atoms with Crippen molar-refractivity contribution in [2.45, 2.75) is 32.8 Å². The van der Waals surface area contributed by atoms with Gasteiger partial charge in [-0.25, -0.2) is 0 Å². The van der Waals surface area contributed by atoms with Crippen LogP contribution in [0.1, 0.15) is 30.9 Å². The number of anilines is 1. The molecule has 2 aromatic rings. The van der Waals surface area contributed by atoms with E-state index in [0.29, 0.717) is 19.1 Å². The Balaban J connectivity index is 1.43. The summed E-state index contributed by atoms with van der Waals surface area (Å²) in [7, 11) is 0. The number of aliphatic hydroxyl groups excluding tert-OH is 1. The maximum Gasteiger partial charge on any atom is 0.137 e. The molecule has 152 valence electrons. The van der Waals surface area contributed by atoms with E-state index in [4.69, 9.17) is 16.3 Å². The van der Waals surface area contributed by atoms with Crippen LogP contribution in [0.25, 0.3) is 0 Å². The number of nitrogens with one attached hydrogen (secondary N) is 1. The topological polar surface area (TPSA) is 37.1 Å². The second kappa shape index (κ2) is 9.64. The molecule has 1 aliphatic rings. The van der Waals surface area contributed by atoms with Crippen molar-refractivity contribution in [3.8, 4) is 5.75 Å². The van der Waals surface area contributed by atoms with Gasteiger partial charge in [-0.15, -0.1) is 0 Å². The lowest BCUT2D eigenvalue weighted by molar-refractivity contribution is -0.903. The molecule has 0 amide bonds. The van der Waals surface area contributed by atoms with Crippen LogP contribution in [0.3, 0.4) is 0 Å². The van der Waals surface area contributed by atoms with Gasteiger partial charge in [0, 0.05) is 10.7 Å². The van der Waals surface area contributed by atoms with Crippen molar-refractivity contribution in [2.24, 2.45) is 0 Å². The third kappa shape index (κ3) is 5.63. The lowest BCUT2D eigenvalue weighted by Crippen LogP contribution is -3.16. The summed E-state index contributed by atoms with van der Waals surface area (Å²) in [6, 6.07) is 14.2. The first kappa shape index (κ1) is 21.0. The summed E-state index contributed by atoms with van der Waals surface area (Å²) in [5.74, 6) is 1.34. The zero-order valence-corrected chi connectivity index (χ0v) is 17.9. The van der Waals surface area contributed by atoms with Gasteiger partial charge in [-0.2, -0.15) is 0 Å². The third-order valence-corrected chi connectivity index (χ3v) is 5.71. The lowest BCUT2D eigenvalue weighted by atomic mass is 9.98. The number of nitrogens with zero attached hydrogens (tertiary/aromatic N) is 1. The van der Waals surface area contributed by atoms with Gasteiger partial charge in [0.15, 0.2) is 0 Å². The first-order valence-corrected chi connectivity index (χ1v) is 10.6. The zero-order valence-electron chi connectivity index (χ0n) is 17.1. The average molecular weight is 404 g/mol. The minimum atomic E-state index is -0.460. The molecule has 5 heteroatoms. The molecule has 0 radical (unpaired) electrons. The molecule has 0 saturated carbocycles. The standard InChI is InChI=1S/C23H31ClN2O2/c1-17(2)23-8-7-22(13-18(23)3)28-16-21(27)15-25-9-11-26(12-10-25)20-6-4-5-19(24)14-20/h4-8,13-14,17,21,27H,9-12,15-16H2,1-3H3/p+1/t21-/m1/s1. The van der Waals surface area contributed by atoms with Gasteiger partial charge in [0.25, 0.3) is 0 Å². The third-order valence-electron chi connectivity index (χ3n) is 5.47. The number of benzene rings is 2. The van der Waals surface area contributed by atoms with Gasteiger partial charge >= 0.3 is 0 Å². The average Bonchev–Trinajstić information content (AvgIpc) is 2.67. The summed E-state index contributed by atoms with van der Waals surface area (Å²) in [6.45, 7) is 11.5. The van der Waals surface area contributed by atoms with E-state index < -0.39 is 6.10 Å². The molecule has 1 saturated heterocycles. The molecule has 1 heterocycles. The maximum absolute atomic E-state index is 10.4. The van der Waals surface area contributed by atoms with Crippen molar-refractivity contribution < 1.29 is 14.7 Å². The molecule has 0 spiro atoms. The fourth-order valence-corrected chi connectivity index (χ4v) is 4.11. The maximum atomic E-state index is 10.4. The first-order chi connectivity index (χ1) is 13.4. The van der Waals surface area contributed by atoms with Crippen LogP contribution < -0.4 is 14.5 Å². The van der Waals surface area contributed by atoms with Crippen molar-refractivity contribution >= 4 is 17.3 Å². The van der Waals surface area contributed by atoms with Crippen molar-refractivity contribution in [2.75, 3.05) is 44.2 Å². The SMILES string of the molecule is Cc1cc(OC[C@H](O)C[NH+]2CCN(c3cccc(Cl)c3)CC2)ccc1C(C)C. The highest BCUT2D eigenvalue weighted by molar-refractivity contribution is 6.30. The Labute approximate surface area is 173 Å². The Kier molecular flexibility index (Phi) is 7.22. The Morgan fingerprint density at radius 1 is 1.14 bits per heavy atom. The highest BCUT2D eigenvalue weighted by atomic mass is 35.5. The molecule has 0 aliphatic carbocycles. The number of halogens is 1. The van der Waals surface area contributed by atoms with E-state index in [1.807, 2.05) is 24.3 Å². The van der Waals surface area contributed by atoms with Crippen LogP contribution in [-0.4, -0.2) is 50.5 Å². The molecular formula is C23H32ClN2O2+. The molecular weight excluding hydrogens is 372 g/mol. The zero-order chi connectivity index (χ0) is 20.1. The highest BCUT2D eigenvalue weighted by Crippen LogP contribution is 2.23. The summed E-state index contributed by atoms with van der Waals surface area (Å²) >= 11 is 6.10. The van der Waals surface area contributed by atoms with Crippen LogP contribution in [0, 0.1) is 6.92 Å². The number of hydrogen-bond acceptors (Lipinski definition) is 3. The molecule has 1 aliphatic heterocycles. The molecule has 4 nitrogen and oxygen atoms in total. The minimum absolute atomic E-state index is 0.335. The van der Waals surface area contributed by atoms with Crippen LogP contribution >= 0.6 is 11.6 Å². The van der Waals surface area contributed by atoms with E-state index in [9.17, 15) is 5.11 Å². The second-order valence-electron chi connectivity index (χ2n) is 8.06. The minimum Gasteiger partial charge on any atom is -0.491 e. The fraction of sp³-hybridized carbons (Fsp3) is 0.478. The number of aryl methyl sites for hydroxylation is 1. The number of aliphatic hydroxyl groups is 1. The van der Waals surface area contributed by atoms with E-state index in [1.54, 1.807) is 0 Å². The highest BCUT2D eigenvalue weighted by Gasteiger charge is 2.23. The van der Waals surface area contributed by atoms with Crippen LogP contribution in [-0.2, 0) is 0 Å². The van der Waals surface area contributed by atoms with Crippen LogP contribution in [0.2, 0.25) is 5.02 Å². The Hall–Kier alpha value is -1.75. The van der Waals surface area contributed by atoms with Crippen molar-refractivity contribution in [3.05, 3.63) is 58.6 Å². The van der Waals surface area contributed by atoms with Gasteiger partial charge < -0.3 is 19.6 Å². The van der Waals surface area contributed by atoms with Crippen LogP contribution in [0.4, 0.5) is 5.69 Å². The molecule has 3 rings (SSSR count). The molecule has 1 atom stereocenters. The van der Waals surface area contributed by atoms with Crippen LogP contribution in [0.15, 0.2) is 42.5 Å². The van der Waals surface area contributed by atoms with E-state index in [1.165, 1.54) is 21.7 Å². The summed E-state index contributed by atoms with van der Waals surface area (Å²) in [5.41, 5.74) is 3.76. The molecule has 0 aromatic heterocycles. The van der Waals surface area contributed by atoms with E-state index in [2.05, 4.69) is 43.9 Å². The Bertz CT molecular complexity index is 773. The van der Waals surface area contributed by atoms with Gasteiger partial charge in [0.05, 0.1) is 26.2 Å². The number of quaternary nitrogens is 1. The first-order valence-electron chi connectivity index (χ1n) is 10.2.